The third kappa shape index (κ3) is 4.81. The topological polar surface area (TPSA) is 46.2 Å². The summed E-state index contributed by atoms with van der Waals surface area (Å²) < 4.78 is 0. The molecule has 1 atom stereocenters. The minimum atomic E-state index is -0.377. The molecule has 0 bridgehead atoms. The molecule has 3 nitrogen and oxygen atoms in total. The average Bonchev–Trinajstić information content (AvgIpc) is 2.34. The highest BCUT2D eigenvalue weighted by Crippen LogP contribution is 2.03. The number of benzene rings is 1. The van der Waals surface area contributed by atoms with E-state index >= 15 is 0 Å². The molecule has 0 aliphatic rings. The maximum absolute atomic E-state index is 11.6. The summed E-state index contributed by atoms with van der Waals surface area (Å²) >= 11 is 0. The van der Waals surface area contributed by atoms with Gasteiger partial charge in [-0.2, -0.15) is 0 Å². The molecule has 0 unspecified atom stereocenters. The summed E-state index contributed by atoms with van der Waals surface area (Å²) in [7, 11) is 0. The number of amides is 1. The highest BCUT2D eigenvalue weighted by molar-refractivity contribution is 5.79. The molecule has 0 heterocycles. The smallest absolute Gasteiger partial charge is 0.220 e. The molecular formula is C14H19NO2. The molecule has 3 heteroatoms. The fraction of sp³-hybridized carbons (Fsp3) is 0.429. The van der Waals surface area contributed by atoms with Crippen molar-refractivity contribution < 1.29 is 9.59 Å². The molecule has 1 aromatic carbocycles. The first-order chi connectivity index (χ1) is 8.13. The second-order valence-electron chi connectivity index (χ2n) is 4.46. The van der Waals surface area contributed by atoms with Crippen LogP contribution in [0.2, 0.25) is 0 Å². The van der Waals surface area contributed by atoms with Crippen LogP contribution in [0, 0.1) is 5.92 Å². The van der Waals surface area contributed by atoms with E-state index in [1.807, 2.05) is 44.2 Å². The first-order valence-corrected chi connectivity index (χ1v) is 5.92. The van der Waals surface area contributed by atoms with Gasteiger partial charge in [0, 0.05) is 6.42 Å². The molecule has 1 amide bonds. The summed E-state index contributed by atoms with van der Waals surface area (Å²) in [5.41, 5.74) is 1.13. The van der Waals surface area contributed by atoms with Crippen LogP contribution in [0.1, 0.15) is 25.8 Å². The summed E-state index contributed by atoms with van der Waals surface area (Å²) in [6.07, 6.45) is 1.92. The normalized spacial score (nSPS) is 12.2. The van der Waals surface area contributed by atoms with Gasteiger partial charge in [-0.25, -0.2) is 0 Å². The summed E-state index contributed by atoms with van der Waals surface area (Å²) in [5.74, 6) is 0.0628. The van der Waals surface area contributed by atoms with Crippen LogP contribution in [-0.2, 0) is 16.0 Å². The van der Waals surface area contributed by atoms with E-state index in [0.29, 0.717) is 12.8 Å². The Hall–Kier alpha value is -1.64. The third-order valence-electron chi connectivity index (χ3n) is 2.68. The maximum Gasteiger partial charge on any atom is 0.220 e. The quantitative estimate of drug-likeness (QED) is 0.763. The number of nitrogens with one attached hydrogen (secondary N) is 1. The summed E-state index contributed by atoms with van der Waals surface area (Å²) in [6, 6.07) is 9.47. The van der Waals surface area contributed by atoms with Gasteiger partial charge in [-0.15, -0.1) is 0 Å². The average molecular weight is 233 g/mol. The van der Waals surface area contributed by atoms with Crippen LogP contribution >= 0.6 is 0 Å². The number of carbonyl (C=O) groups excluding carboxylic acids is 2. The van der Waals surface area contributed by atoms with Gasteiger partial charge in [0.1, 0.15) is 6.29 Å². The van der Waals surface area contributed by atoms with Gasteiger partial charge in [0.05, 0.1) is 6.04 Å². The first-order valence-electron chi connectivity index (χ1n) is 5.92. The van der Waals surface area contributed by atoms with Gasteiger partial charge in [0.2, 0.25) is 5.91 Å². The van der Waals surface area contributed by atoms with Gasteiger partial charge in [-0.3, -0.25) is 4.79 Å². The molecule has 0 saturated carbocycles. The molecule has 0 aliphatic carbocycles. The number of rotatable bonds is 6. The van der Waals surface area contributed by atoms with E-state index in [1.165, 1.54) is 0 Å². The molecule has 17 heavy (non-hydrogen) atoms. The molecular weight excluding hydrogens is 214 g/mol. The molecule has 1 rings (SSSR count). The lowest BCUT2D eigenvalue weighted by molar-refractivity contribution is -0.124. The first kappa shape index (κ1) is 13.4. The Labute approximate surface area is 102 Å². The van der Waals surface area contributed by atoms with Crippen molar-refractivity contribution in [2.75, 3.05) is 0 Å². The predicted octanol–water partition coefficient (Wildman–Crippen LogP) is 1.96. The Morgan fingerprint density at radius 3 is 2.47 bits per heavy atom. The molecule has 0 saturated heterocycles. The largest absolute Gasteiger partial charge is 0.346 e. The highest BCUT2D eigenvalue weighted by Gasteiger charge is 2.14. The van der Waals surface area contributed by atoms with Gasteiger partial charge in [-0.1, -0.05) is 44.2 Å². The molecule has 92 valence electrons. The van der Waals surface area contributed by atoms with E-state index in [9.17, 15) is 9.59 Å². The molecule has 0 fully saturated rings. The number of carbonyl (C=O) groups is 2. The lowest BCUT2D eigenvalue weighted by atomic mass is 10.1. The van der Waals surface area contributed by atoms with Gasteiger partial charge in [0.25, 0.3) is 0 Å². The molecule has 1 N–H and O–H groups in total. The Balaban J connectivity index is 2.37. The second kappa shape index (κ2) is 6.84. The maximum atomic E-state index is 11.6. The van der Waals surface area contributed by atoms with E-state index in [1.54, 1.807) is 0 Å². The number of hydrogen-bond acceptors (Lipinski definition) is 2. The van der Waals surface area contributed by atoms with E-state index < -0.39 is 0 Å². The van der Waals surface area contributed by atoms with Crippen LogP contribution in [0.15, 0.2) is 30.3 Å². The number of aldehydes is 1. The Morgan fingerprint density at radius 2 is 1.94 bits per heavy atom. The van der Waals surface area contributed by atoms with Crippen LogP contribution in [-0.4, -0.2) is 18.2 Å². The van der Waals surface area contributed by atoms with Crippen molar-refractivity contribution in [3.05, 3.63) is 35.9 Å². The summed E-state index contributed by atoms with van der Waals surface area (Å²) in [6.45, 7) is 3.83. The molecule has 0 aromatic heterocycles. The fourth-order valence-corrected chi connectivity index (χ4v) is 1.52. The van der Waals surface area contributed by atoms with Crippen molar-refractivity contribution in [2.24, 2.45) is 5.92 Å². The van der Waals surface area contributed by atoms with Crippen LogP contribution < -0.4 is 5.32 Å². The number of aryl methyl sites for hydroxylation is 1. The SMILES string of the molecule is CC(C)[C@@H](C=O)NC(=O)CCc1ccccc1. The number of hydrogen-bond donors (Lipinski definition) is 1. The van der Waals surface area contributed by atoms with Crippen molar-refractivity contribution in [2.45, 2.75) is 32.7 Å². The van der Waals surface area contributed by atoms with Crippen molar-refractivity contribution in [1.82, 2.24) is 5.32 Å². The minimum Gasteiger partial charge on any atom is -0.346 e. The van der Waals surface area contributed by atoms with Crippen molar-refractivity contribution in [1.29, 1.82) is 0 Å². The monoisotopic (exact) mass is 233 g/mol. The predicted molar refractivity (Wildman–Crippen MR) is 67.6 cm³/mol. The Kier molecular flexibility index (Phi) is 5.40. The standard InChI is InChI=1S/C14H19NO2/c1-11(2)13(10-16)15-14(17)9-8-12-6-4-3-5-7-12/h3-7,10-11,13H,8-9H2,1-2H3,(H,15,17)/t13-/m1/s1. The van der Waals surface area contributed by atoms with Gasteiger partial charge >= 0.3 is 0 Å². The van der Waals surface area contributed by atoms with Gasteiger partial charge < -0.3 is 10.1 Å². The van der Waals surface area contributed by atoms with Gasteiger partial charge in [0.15, 0.2) is 0 Å². The lowest BCUT2D eigenvalue weighted by Crippen LogP contribution is -2.39. The van der Waals surface area contributed by atoms with Crippen LogP contribution in [0.3, 0.4) is 0 Å². The Morgan fingerprint density at radius 1 is 1.29 bits per heavy atom. The van der Waals surface area contributed by atoms with E-state index in [4.69, 9.17) is 0 Å². The molecule has 0 radical (unpaired) electrons. The lowest BCUT2D eigenvalue weighted by Gasteiger charge is -2.15. The van der Waals surface area contributed by atoms with Crippen LogP contribution in [0.5, 0.6) is 0 Å². The van der Waals surface area contributed by atoms with E-state index in [-0.39, 0.29) is 17.9 Å². The Bertz CT molecular complexity index is 360. The van der Waals surface area contributed by atoms with Crippen LogP contribution in [0.4, 0.5) is 0 Å². The second-order valence-corrected chi connectivity index (χ2v) is 4.46. The minimum absolute atomic E-state index is 0.0698. The zero-order valence-electron chi connectivity index (χ0n) is 10.3. The summed E-state index contributed by atoms with van der Waals surface area (Å²) in [5, 5.41) is 2.73. The van der Waals surface area contributed by atoms with E-state index in [0.717, 1.165) is 11.8 Å². The zero-order valence-corrected chi connectivity index (χ0v) is 10.3. The zero-order chi connectivity index (χ0) is 12.7. The van der Waals surface area contributed by atoms with Gasteiger partial charge in [-0.05, 0) is 17.9 Å². The van der Waals surface area contributed by atoms with Crippen LogP contribution in [0.25, 0.3) is 0 Å². The van der Waals surface area contributed by atoms with Crippen molar-refractivity contribution >= 4 is 12.2 Å². The van der Waals surface area contributed by atoms with Crippen molar-refractivity contribution in [3.63, 3.8) is 0 Å². The van der Waals surface area contributed by atoms with E-state index in [2.05, 4.69) is 5.32 Å². The third-order valence-corrected chi connectivity index (χ3v) is 2.68. The van der Waals surface area contributed by atoms with Crippen molar-refractivity contribution in [3.8, 4) is 0 Å². The summed E-state index contributed by atoms with van der Waals surface area (Å²) in [4.78, 5) is 22.4. The molecule has 1 aromatic rings. The molecule has 0 spiro atoms. The highest BCUT2D eigenvalue weighted by atomic mass is 16.2. The molecule has 0 aliphatic heterocycles. The fourth-order valence-electron chi connectivity index (χ4n) is 1.52.